The van der Waals surface area contributed by atoms with Crippen molar-refractivity contribution in [1.82, 2.24) is 4.98 Å². The van der Waals surface area contributed by atoms with Crippen LogP contribution >= 0.6 is 0 Å². The maximum absolute atomic E-state index is 8.06. The highest BCUT2D eigenvalue weighted by atomic mass is 16.5. The molecular formula is C10H11N5O. The number of methoxy groups -OCH3 is 1. The van der Waals surface area contributed by atoms with Gasteiger partial charge in [0.25, 0.3) is 0 Å². The van der Waals surface area contributed by atoms with Gasteiger partial charge in [-0.2, -0.15) is 0 Å². The molecule has 1 rings (SSSR count). The van der Waals surface area contributed by atoms with Crippen LogP contribution in [-0.2, 0) is 0 Å². The Morgan fingerprint density at radius 1 is 1.62 bits per heavy atom. The summed E-state index contributed by atoms with van der Waals surface area (Å²) in [6.45, 7) is 0.341. The molecular weight excluding hydrogens is 206 g/mol. The molecule has 2 N–H and O–H groups in total. The molecule has 1 aromatic rings. The SMILES string of the molecule is COc1ccc(N)c(C#CCCN=[N+]=[N-])n1. The molecule has 16 heavy (non-hydrogen) atoms. The van der Waals surface area contributed by atoms with Gasteiger partial charge in [0.2, 0.25) is 5.88 Å². The van der Waals surface area contributed by atoms with Crippen molar-refractivity contribution in [2.45, 2.75) is 6.42 Å². The van der Waals surface area contributed by atoms with Gasteiger partial charge in [-0.1, -0.05) is 11.0 Å². The first-order chi connectivity index (χ1) is 7.77. The van der Waals surface area contributed by atoms with Crippen LogP contribution in [0.5, 0.6) is 5.88 Å². The molecule has 0 atom stereocenters. The Morgan fingerprint density at radius 2 is 2.44 bits per heavy atom. The van der Waals surface area contributed by atoms with Gasteiger partial charge in [0.1, 0.15) is 5.69 Å². The van der Waals surface area contributed by atoms with Crippen molar-refractivity contribution in [3.8, 4) is 17.7 Å². The van der Waals surface area contributed by atoms with Crippen molar-refractivity contribution >= 4 is 5.69 Å². The van der Waals surface area contributed by atoms with Crippen LogP contribution in [0.2, 0.25) is 0 Å². The van der Waals surface area contributed by atoms with Gasteiger partial charge in [-0.15, -0.1) is 0 Å². The van der Waals surface area contributed by atoms with Crippen LogP contribution in [0.3, 0.4) is 0 Å². The van der Waals surface area contributed by atoms with Gasteiger partial charge in [0.15, 0.2) is 0 Å². The number of nitrogen functional groups attached to an aromatic ring is 1. The fourth-order valence-electron chi connectivity index (χ4n) is 0.963. The van der Waals surface area contributed by atoms with Gasteiger partial charge in [-0.25, -0.2) is 4.98 Å². The molecule has 0 saturated heterocycles. The molecule has 1 heterocycles. The maximum atomic E-state index is 8.06. The molecule has 0 unspecified atom stereocenters. The summed E-state index contributed by atoms with van der Waals surface area (Å²) in [5, 5.41) is 3.36. The van der Waals surface area contributed by atoms with E-state index < -0.39 is 0 Å². The second-order valence-corrected chi connectivity index (χ2v) is 2.80. The lowest BCUT2D eigenvalue weighted by atomic mass is 10.3. The van der Waals surface area contributed by atoms with Gasteiger partial charge in [-0.3, -0.25) is 0 Å². The van der Waals surface area contributed by atoms with E-state index in [4.69, 9.17) is 16.0 Å². The van der Waals surface area contributed by atoms with E-state index in [1.165, 1.54) is 7.11 Å². The number of anilines is 1. The summed E-state index contributed by atoms with van der Waals surface area (Å²) in [6, 6.07) is 3.35. The largest absolute Gasteiger partial charge is 0.481 e. The van der Waals surface area contributed by atoms with Crippen molar-refractivity contribution in [2.75, 3.05) is 19.4 Å². The highest BCUT2D eigenvalue weighted by Crippen LogP contribution is 2.13. The second kappa shape index (κ2) is 6.17. The fourth-order valence-corrected chi connectivity index (χ4v) is 0.963. The first-order valence-corrected chi connectivity index (χ1v) is 4.58. The second-order valence-electron chi connectivity index (χ2n) is 2.80. The number of nitrogens with two attached hydrogens (primary N) is 1. The van der Waals surface area contributed by atoms with Crippen molar-refractivity contribution in [3.05, 3.63) is 28.3 Å². The number of ether oxygens (including phenoxy) is 1. The molecule has 1 aromatic heterocycles. The fraction of sp³-hybridized carbons (Fsp3) is 0.300. The van der Waals surface area contributed by atoms with Crippen LogP contribution in [0.1, 0.15) is 12.1 Å². The lowest BCUT2D eigenvalue weighted by Crippen LogP contribution is -1.96. The number of azide groups is 1. The smallest absolute Gasteiger partial charge is 0.214 e. The number of rotatable bonds is 3. The van der Waals surface area contributed by atoms with Crippen LogP contribution in [0.15, 0.2) is 17.2 Å². The van der Waals surface area contributed by atoms with E-state index in [9.17, 15) is 0 Å². The van der Waals surface area contributed by atoms with E-state index in [-0.39, 0.29) is 0 Å². The zero-order valence-electron chi connectivity index (χ0n) is 8.84. The normalized spacial score (nSPS) is 8.56. The van der Waals surface area contributed by atoms with E-state index in [0.29, 0.717) is 30.2 Å². The summed E-state index contributed by atoms with van der Waals surface area (Å²) in [5.41, 5.74) is 14.7. The molecule has 0 radical (unpaired) electrons. The third kappa shape index (κ3) is 3.40. The standard InChI is InChI=1S/C10H11N5O/c1-16-10-6-5-8(11)9(14-10)4-2-3-7-13-15-12/h5-6H,3,7,11H2,1H3. The average molecular weight is 217 g/mol. The van der Waals surface area contributed by atoms with Gasteiger partial charge >= 0.3 is 0 Å². The highest BCUT2D eigenvalue weighted by Gasteiger charge is 1.99. The molecule has 0 aliphatic rings. The van der Waals surface area contributed by atoms with Crippen molar-refractivity contribution < 1.29 is 4.74 Å². The van der Waals surface area contributed by atoms with Crippen molar-refractivity contribution in [1.29, 1.82) is 0 Å². The Balaban J connectivity index is 2.74. The van der Waals surface area contributed by atoms with Crippen LogP contribution in [-0.4, -0.2) is 18.6 Å². The average Bonchev–Trinajstić information content (AvgIpc) is 2.31. The van der Waals surface area contributed by atoms with Crippen LogP contribution in [0.25, 0.3) is 10.4 Å². The quantitative estimate of drug-likeness (QED) is 0.274. The third-order valence-electron chi connectivity index (χ3n) is 1.72. The predicted octanol–water partition coefficient (Wildman–Crippen LogP) is 1.72. The molecule has 0 saturated carbocycles. The predicted molar refractivity (Wildman–Crippen MR) is 60.7 cm³/mol. The van der Waals surface area contributed by atoms with Gasteiger partial charge in [0, 0.05) is 23.9 Å². The molecule has 0 aromatic carbocycles. The Morgan fingerprint density at radius 3 is 3.12 bits per heavy atom. The number of hydrogen-bond acceptors (Lipinski definition) is 4. The van der Waals surface area contributed by atoms with E-state index in [2.05, 4.69) is 26.9 Å². The molecule has 0 aliphatic carbocycles. The topological polar surface area (TPSA) is 96.9 Å². The minimum atomic E-state index is 0.341. The zero-order valence-corrected chi connectivity index (χ0v) is 8.84. The van der Waals surface area contributed by atoms with Crippen molar-refractivity contribution in [3.63, 3.8) is 0 Å². The van der Waals surface area contributed by atoms with E-state index in [0.717, 1.165) is 0 Å². The van der Waals surface area contributed by atoms with Crippen LogP contribution < -0.4 is 10.5 Å². The number of hydrogen-bond donors (Lipinski definition) is 1. The Kier molecular flexibility index (Phi) is 4.51. The monoisotopic (exact) mass is 217 g/mol. The van der Waals surface area contributed by atoms with E-state index >= 15 is 0 Å². The summed E-state index contributed by atoms with van der Waals surface area (Å²) in [6.07, 6.45) is 0.475. The van der Waals surface area contributed by atoms with Crippen LogP contribution in [0, 0.1) is 11.8 Å². The number of pyridine rings is 1. The lowest BCUT2D eigenvalue weighted by Gasteiger charge is -2.00. The number of nitrogens with zero attached hydrogens (tertiary/aromatic N) is 4. The molecule has 0 spiro atoms. The van der Waals surface area contributed by atoms with E-state index in [1.807, 2.05) is 0 Å². The minimum absolute atomic E-state index is 0.341. The van der Waals surface area contributed by atoms with Crippen molar-refractivity contribution in [2.24, 2.45) is 5.11 Å². The Hall–Kier alpha value is -2.38. The van der Waals surface area contributed by atoms with Gasteiger partial charge in [0.05, 0.1) is 12.8 Å². The first-order valence-electron chi connectivity index (χ1n) is 4.58. The van der Waals surface area contributed by atoms with Crippen LogP contribution in [0.4, 0.5) is 5.69 Å². The van der Waals surface area contributed by atoms with E-state index in [1.54, 1.807) is 12.1 Å². The first kappa shape index (κ1) is 11.7. The molecule has 0 aliphatic heterocycles. The molecule has 82 valence electrons. The lowest BCUT2D eigenvalue weighted by molar-refractivity contribution is 0.397. The zero-order chi connectivity index (χ0) is 11.8. The maximum Gasteiger partial charge on any atom is 0.214 e. The Bertz CT molecular complexity index is 468. The molecule has 6 nitrogen and oxygen atoms in total. The molecule has 0 amide bonds. The number of aromatic nitrogens is 1. The summed E-state index contributed by atoms with van der Waals surface area (Å²) < 4.78 is 4.95. The van der Waals surface area contributed by atoms with Gasteiger partial charge < -0.3 is 10.5 Å². The minimum Gasteiger partial charge on any atom is -0.481 e. The Labute approximate surface area is 93.1 Å². The molecule has 0 fully saturated rings. The summed E-state index contributed by atoms with van der Waals surface area (Å²) in [7, 11) is 1.53. The molecule has 6 heteroatoms. The summed E-state index contributed by atoms with van der Waals surface area (Å²) >= 11 is 0. The van der Waals surface area contributed by atoms with Gasteiger partial charge in [-0.05, 0) is 17.5 Å². The summed E-state index contributed by atoms with van der Waals surface area (Å²) in [5.74, 6) is 6.08. The third-order valence-corrected chi connectivity index (χ3v) is 1.72. The summed E-state index contributed by atoms with van der Waals surface area (Å²) in [4.78, 5) is 6.71. The molecule has 0 bridgehead atoms. The highest BCUT2D eigenvalue weighted by molar-refractivity contribution is 5.52.